The molecule has 0 aliphatic carbocycles. The third-order valence-corrected chi connectivity index (χ3v) is 6.39. The Balaban J connectivity index is 1.48. The molecular formula is C25H24FN3O3. The molecule has 2 amide bonds. The van der Waals surface area contributed by atoms with E-state index in [-0.39, 0.29) is 29.2 Å². The summed E-state index contributed by atoms with van der Waals surface area (Å²) >= 11 is 0. The summed E-state index contributed by atoms with van der Waals surface area (Å²) in [6, 6.07) is 16.9. The number of amides is 2. The highest BCUT2D eigenvalue weighted by atomic mass is 19.1. The molecule has 0 radical (unpaired) electrons. The van der Waals surface area contributed by atoms with Crippen molar-refractivity contribution in [1.29, 1.82) is 0 Å². The zero-order chi connectivity index (χ0) is 22.2. The molecule has 2 atom stereocenters. The fourth-order valence-corrected chi connectivity index (χ4v) is 5.03. The number of hydrogen-bond acceptors (Lipinski definition) is 3. The maximum absolute atomic E-state index is 14.6. The summed E-state index contributed by atoms with van der Waals surface area (Å²) in [7, 11) is 1.56. The first-order valence-corrected chi connectivity index (χ1v) is 10.7. The average Bonchev–Trinajstić information content (AvgIpc) is 2.80. The van der Waals surface area contributed by atoms with Gasteiger partial charge in [0.1, 0.15) is 11.6 Å². The summed E-state index contributed by atoms with van der Waals surface area (Å²) in [5.74, 6) is 0.391. The normalized spacial score (nSPS) is 19.2. The van der Waals surface area contributed by atoms with Crippen LogP contribution >= 0.6 is 0 Å². The van der Waals surface area contributed by atoms with Crippen LogP contribution in [0.5, 0.6) is 5.75 Å². The van der Waals surface area contributed by atoms with Gasteiger partial charge in [0.2, 0.25) is 0 Å². The number of benzene rings is 2. The molecule has 2 aromatic carbocycles. The van der Waals surface area contributed by atoms with Gasteiger partial charge in [-0.25, -0.2) is 9.18 Å². The van der Waals surface area contributed by atoms with E-state index in [1.54, 1.807) is 53.0 Å². The van der Waals surface area contributed by atoms with Crippen LogP contribution in [-0.4, -0.2) is 35.7 Å². The second kappa shape index (κ2) is 8.15. The van der Waals surface area contributed by atoms with E-state index in [9.17, 15) is 14.0 Å². The Bertz CT molecular complexity index is 1240. The monoisotopic (exact) mass is 433 g/mol. The largest absolute Gasteiger partial charge is 0.495 e. The Morgan fingerprint density at radius 3 is 2.59 bits per heavy atom. The fourth-order valence-electron chi connectivity index (χ4n) is 5.03. The number of fused-ring (bicyclic) bond motifs is 4. The standard InChI is InChI=1S/C25H24FN3O3/c1-32-22-9-5-4-8-21(22)27-25(31)28-13-16-12-17(15-28)24-19(10-11-23(30)29(24)14-16)18-6-2-3-7-20(18)26/h2-11,16-17H,12-15H2,1H3,(H,27,31). The number of carbonyl (C=O) groups is 1. The number of rotatable bonds is 3. The SMILES string of the molecule is COc1ccccc1NC(=O)N1CC2CC(C1)c1c(-c3ccccc3F)ccc(=O)n1C2. The number of pyridine rings is 1. The molecule has 1 fully saturated rings. The summed E-state index contributed by atoms with van der Waals surface area (Å²) in [5, 5.41) is 2.94. The summed E-state index contributed by atoms with van der Waals surface area (Å²) < 4.78 is 21.7. The second-order valence-electron chi connectivity index (χ2n) is 8.40. The van der Waals surface area contributed by atoms with Gasteiger partial charge in [-0.15, -0.1) is 0 Å². The highest BCUT2D eigenvalue weighted by Gasteiger charge is 2.38. The number of halogens is 1. The van der Waals surface area contributed by atoms with E-state index in [1.807, 2.05) is 12.1 Å². The molecule has 164 valence electrons. The average molecular weight is 433 g/mol. The maximum atomic E-state index is 14.6. The lowest BCUT2D eigenvalue weighted by atomic mass is 9.80. The van der Waals surface area contributed by atoms with Gasteiger partial charge in [-0.3, -0.25) is 4.79 Å². The van der Waals surface area contributed by atoms with Crippen molar-refractivity contribution < 1.29 is 13.9 Å². The Hall–Kier alpha value is -3.61. The van der Waals surface area contributed by atoms with Crippen molar-refractivity contribution in [3.05, 3.63) is 82.5 Å². The lowest BCUT2D eigenvalue weighted by Crippen LogP contribution is -2.50. The van der Waals surface area contributed by atoms with Gasteiger partial charge in [0.15, 0.2) is 0 Å². The zero-order valence-electron chi connectivity index (χ0n) is 17.8. The molecule has 2 aliphatic rings. The van der Waals surface area contributed by atoms with Crippen molar-refractivity contribution in [3.8, 4) is 16.9 Å². The van der Waals surface area contributed by atoms with E-state index < -0.39 is 0 Å². The molecule has 2 unspecified atom stereocenters. The molecular weight excluding hydrogens is 409 g/mol. The molecule has 32 heavy (non-hydrogen) atoms. The summed E-state index contributed by atoms with van der Waals surface area (Å²) in [5.41, 5.74) is 2.54. The number of nitrogens with zero attached hydrogens (tertiary/aromatic N) is 2. The van der Waals surface area contributed by atoms with Gasteiger partial charge in [-0.05, 0) is 36.6 Å². The molecule has 1 N–H and O–H groups in total. The fraction of sp³-hybridized carbons (Fsp3) is 0.280. The molecule has 1 aromatic heterocycles. The summed E-state index contributed by atoms with van der Waals surface area (Å²) in [4.78, 5) is 27.5. The van der Waals surface area contributed by atoms with Crippen LogP contribution < -0.4 is 15.6 Å². The number of nitrogens with one attached hydrogen (secondary N) is 1. The third kappa shape index (κ3) is 3.53. The van der Waals surface area contributed by atoms with E-state index in [0.29, 0.717) is 36.6 Å². The molecule has 5 rings (SSSR count). The van der Waals surface area contributed by atoms with Crippen LogP contribution in [0.4, 0.5) is 14.9 Å². The molecule has 0 spiro atoms. The van der Waals surface area contributed by atoms with Crippen LogP contribution in [0, 0.1) is 11.7 Å². The van der Waals surface area contributed by atoms with E-state index >= 15 is 0 Å². The number of hydrogen-bond donors (Lipinski definition) is 1. The number of carbonyl (C=O) groups excluding carboxylic acids is 1. The van der Waals surface area contributed by atoms with Crippen LogP contribution in [0.1, 0.15) is 18.0 Å². The Morgan fingerprint density at radius 1 is 1.00 bits per heavy atom. The lowest BCUT2D eigenvalue weighted by molar-refractivity contribution is 0.140. The highest BCUT2D eigenvalue weighted by molar-refractivity contribution is 5.91. The number of urea groups is 1. The highest BCUT2D eigenvalue weighted by Crippen LogP contribution is 2.40. The maximum Gasteiger partial charge on any atom is 0.321 e. The first-order chi connectivity index (χ1) is 15.5. The first-order valence-electron chi connectivity index (χ1n) is 10.7. The topological polar surface area (TPSA) is 63.6 Å². The lowest BCUT2D eigenvalue weighted by Gasteiger charge is -2.43. The van der Waals surface area contributed by atoms with Crippen molar-refractivity contribution in [2.24, 2.45) is 5.92 Å². The van der Waals surface area contributed by atoms with Crippen LogP contribution in [0.2, 0.25) is 0 Å². The van der Waals surface area contributed by atoms with Gasteiger partial charge in [0, 0.05) is 48.4 Å². The Labute approximate surface area is 185 Å². The Kier molecular flexibility index (Phi) is 5.17. The third-order valence-electron chi connectivity index (χ3n) is 6.39. The second-order valence-corrected chi connectivity index (χ2v) is 8.40. The van der Waals surface area contributed by atoms with Crippen molar-refractivity contribution in [2.45, 2.75) is 18.9 Å². The van der Waals surface area contributed by atoms with E-state index in [0.717, 1.165) is 17.7 Å². The van der Waals surface area contributed by atoms with Gasteiger partial charge in [0.05, 0.1) is 12.8 Å². The van der Waals surface area contributed by atoms with Gasteiger partial charge >= 0.3 is 6.03 Å². The van der Waals surface area contributed by atoms with Gasteiger partial charge < -0.3 is 19.5 Å². The van der Waals surface area contributed by atoms with Crippen molar-refractivity contribution in [2.75, 3.05) is 25.5 Å². The van der Waals surface area contributed by atoms with Gasteiger partial charge in [-0.2, -0.15) is 0 Å². The number of ether oxygens (including phenoxy) is 1. The quantitative estimate of drug-likeness (QED) is 0.669. The van der Waals surface area contributed by atoms with Crippen molar-refractivity contribution in [3.63, 3.8) is 0 Å². The minimum atomic E-state index is -0.322. The molecule has 2 bridgehead atoms. The molecule has 2 aliphatic heterocycles. The van der Waals surface area contributed by atoms with E-state index in [2.05, 4.69) is 5.32 Å². The smallest absolute Gasteiger partial charge is 0.321 e. The number of aromatic nitrogens is 1. The number of para-hydroxylation sites is 2. The van der Waals surface area contributed by atoms with E-state index in [4.69, 9.17) is 4.74 Å². The van der Waals surface area contributed by atoms with E-state index in [1.165, 1.54) is 12.1 Å². The Morgan fingerprint density at radius 2 is 1.78 bits per heavy atom. The predicted molar refractivity (Wildman–Crippen MR) is 121 cm³/mol. The first kappa shape index (κ1) is 20.3. The molecule has 7 heteroatoms. The predicted octanol–water partition coefficient (Wildman–Crippen LogP) is 4.31. The molecule has 3 heterocycles. The van der Waals surface area contributed by atoms with Crippen LogP contribution in [0.25, 0.3) is 11.1 Å². The molecule has 0 saturated carbocycles. The molecule has 3 aromatic rings. The zero-order valence-corrected chi connectivity index (χ0v) is 17.8. The number of likely N-dealkylation sites (tertiary alicyclic amines) is 1. The van der Waals surface area contributed by atoms with Gasteiger partial charge in [0.25, 0.3) is 5.56 Å². The number of methoxy groups -OCH3 is 1. The van der Waals surface area contributed by atoms with Crippen molar-refractivity contribution >= 4 is 11.7 Å². The molecule has 6 nitrogen and oxygen atoms in total. The number of anilines is 1. The minimum Gasteiger partial charge on any atom is -0.495 e. The van der Waals surface area contributed by atoms with Crippen LogP contribution in [0.15, 0.2) is 65.5 Å². The summed E-state index contributed by atoms with van der Waals surface area (Å²) in [6.45, 7) is 1.54. The molecule has 1 saturated heterocycles. The minimum absolute atomic E-state index is 0.0468. The van der Waals surface area contributed by atoms with Crippen molar-refractivity contribution in [1.82, 2.24) is 9.47 Å². The van der Waals surface area contributed by atoms with Gasteiger partial charge in [-0.1, -0.05) is 30.3 Å². The van der Waals surface area contributed by atoms with Crippen LogP contribution in [-0.2, 0) is 6.54 Å². The van der Waals surface area contributed by atoms with Crippen LogP contribution in [0.3, 0.4) is 0 Å². The summed E-state index contributed by atoms with van der Waals surface area (Å²) in [6.07, 6.45) is 0.864. The number of piperidine rings is 1.